The average molecular weight is 363 g/mol. The number of rotatable bonds is 5. The molecule has 0 saturated carbocycles. The Morgan fingerprint density at radius 3 is 2.63 bits per heavy atom. The van der Waals surface area contributed by atoms with Crippen LogP contribution in [0, 0.1) is 24.0 Å². The Labute approximate surface area is 155 Å². The van der Waals surface area contributed by atoms with E-state index in [0.717, 1.165) is 5.56 Å². The van der Waals surface area contributed by atoms with Crippen LogP contribution in [-0.2, 0) is 0 Å². The molecule has 0 radical (unpaired) electrons. The molecule has 0 spiro atoms. The summed E-state index contributed by atoms with van der Waals surface area (Å²) in [5, 5.41) is 15.0. The minimum atomic E-state index is -0.425. The molecule has 7 heteroatoms. The Hall–Kier alpha value is -3.74. The van der Waals surface area contributed by atoms with E-state index in [9.17, 15) is 14.9 Å². The molecule has 1 amide bonds. The van der Waals surface area contributed by atoms with Crippen molar-refractivity contribution in [3.8, 4) is 11.3 Å². The first kappa shape index (κ1) is 18.1. The molecular weight excluding hydrogens is 346 g/mol. The third-order valence-corrected chi connectivity index (χ3v) is 4.06. The van der Waals surface area contributed by atoms with Gasteiger partial charge in [0.15, 0.2) is 0 Å². The van der Waals surface area contributed by atoms with E-state index in [1.165, 1.54) is 12.3 Å². The number of amides is 1. The van der Waals surface area contributed by atoms with E-state index in [2.05, 4.69) is 10.5 Å². The molecule has 27 heavy (non-hydrogen) atoms. The summed E-state index contributed by atoms with van der Waals surface area (Å²) in [6.45, 7) is 3.53. The first-order chi connectivity index (χ1) is 13.0. The van der Waals surface area contributed by atoms with Gasteiger partial charge in [0.1, 0.15) is 11.5 Å². The number of aryl methyl sites for hydroxylation is 2. The van der Waals surface area contributed by atoms with Crippen LogP contribution in [0.4, 0.5) is 5.69 Å². The fourth-order valence-electron chi connectivity index (χ4n) is 2.58. The van der Waals surface area contributed by atoms with Crippen LogP contribution in [0.5, 0.6) is 0 Å². The monoisotopic (exact) mass is 363 g/mol. The molecule has 7 nitrogen and oxygen atoms in total. The third kappa shape index (κ3) is 4.09. The number of benzene rings is 2. The Kier molecular flexibility index (Phi) is 5.12. The van der Waals surface area contributed by atoms with Crippen LogP contribution in [0.15, 0.2) is 64.1 Å². The van der Waals surface area contributed by atoms with Gasteiger partial charge in [-0.3, -0.25) is 14.9 Å². The van der Waals surface area contributed by atoms with Gasteiger partial charge in [-0.15, -0.1) is 0 Å². The lowest BCUT2D eigenvalue weighted by molar-refractivity contribution is -0.385. The summed E-state index contributed by atoms with van der Waals surface area (Å²) in [6.07, 6.45) is 1.38. The van der Waals surface area contributed by atoms with Crippen molar-refractivity contribution in [2.75, 3.05) is 0 Å². The van der Waals surface area contributed by atoms with Crippen LogP contribution >= 0.6 is 0 Å². The minimum Gasteiger partial charge on any atom is -0.455 e. The normalized spacial score (nSPS) is 10.9. The van der Waals surface area contributed by atoms with Gasteiger partial charge in [-0.2, -0.15) is 5.10 Å². The second-order valence-electron chi connectivity index (χ2n) is 5.97. The maximum atomic E-state index is 12.1. The molecule has 0 aliphatic heterocycles. The van der Waals surface area contributed by atoms with E-state index in [4.69, 9.17) is 4.42 Å². The van der Waals surface area contributed by atoms with Gasteiger partial charge < -0.3 is 4.42 Å². The van der Waals surface area contributed by atoms with E-state index < -0.39 is 4.92 Å². The zero-order valence-electron chi connectivity index (χ0n) is 14.8. The van der Waals surface area contributed by atoms with Crippen molar-refractivity contribution in [1.82, 2.24) is 5.43 Å². The fourth-order valence-corrected chi connectivity index (χ4v) is 2.58. The predicted molar refractivity (Wildman–Crippen MR) is 102 cm³/mol. The maximum absolute atomic E-state index is 12.1. The quantitative estimate of drug-likeness (QED) is 0.416. The van der Waals surface area contributed by atoms with Crippen molar-refractivity contribution in [2.45, 2.75) is 13.8 Å². The summed E-state index contributed by atoms with van der Waals surface area (Å²) in [5.74, 6) is 0.577. The summed E-state index contributed by atoms with van der Waals surface area (Å²) in [7, 11) is 0. The number of carbonyl (C=O) groups excluding carboxylic acids is 1. The smallest absolute Gasteiger partial charge is 0.273 e. The largest absolute Gasteiger partial charge is 0.455 e. The number of hydrogen-bond acceptors (Lipinski definition) is 5. The Morgan fingerprint density at radius 1 is 1.11 bits per heavy atom. The number of hydrazone groups is 1. The number of hydrogen-bond donors (Lipinski definition) is 1. The van der Waals surface area contributed by atoms with Gasteiger partial charge in [0.05, 0.1) is 11.1 Å². The maximum Gasteiger partial charge on any atom is 0.273 e. The summed E-state index contributed by atoms with van der Waals surface area (Å²) >= 11 is 0. The Balaban J connectivity index is 1.72. The van der Waals surface area contributed by atoms with Gasteiger partial charge in [0, 0.05) is 22.8 Å². The van der Waals surface area contributed by atoms with Gasteiger partial charge in [0.2, 0.25) is 0 Å². The second kappa shape index (κ2) is 7.65. The molecule has 0 unspecified atom stereocenters. The van der Waals surface area contributed by atoms with Crippen molar-refractivity contribution in [2.24, 2.45) is 5.10 Å². The molecule has 2 aromatic carbocycles. The molecule has 3 aromatic rings. The molecule has 136 valence electrons. The van der Waals surface area contributed by atoms with Crippen LogP contribution in [-0.4, -0.2) is 17.0 Å². The van der Waals surface area contributed by atoms with E-state index in [0.29, 0.717) is 28.2 Å². The SMILES string of the molecule is Cc1ccccc1C(=O)N/N=C\c1ccc(-c2ccc(C)c([N+](=O)[O-])c2)o1. The standard InChI is InChI=1S/C20H17N3O4/c1-13-5-3-4-6-17(13)20(24)22-21-12-16-9-10-19(27-16)15-8-7-14(2)18(11-15)23(25)26/h3-12H,1-2H3,(H,22,24)/b21-12-. The molecule has 0 bridgehead atoms. The lowest BCUT2D eigenvalue weighted by Crippen LogP contribution is -2.18. The van der Waals surface area contributed by atoms with E-state index >= 15 is 0 Å². The molecule has 0 aliphatic rings. The number of nitro benzene ring substituents is 1. The molecule has 3 rings (SSSR count). The van der Waals surface area contributed by atoms with E-state index in [-0.39, 0.29) is 11.6 Å². The molecule has 0 aliphatic carbocycles. The first-order valence-corrected chi connectivity index (χ1v) is 8.20. The molecule has 1 aromatic heterocycles. The van der Waals surface area contributed by atoms with Gasteiger partial charge in [-0.25, -0.2) is 5.43 Å². The topological polar surface area (TPSA) is 97.7 Å². The second-order valence-corrected chi connectivity index (χ2v) is 5.97. The molecule has 1 heterocycles. The van der Waals surface area contributed by atoms with Crippen LogP contribution in [0.25, 0.3) is 11.3 Å². The van der Waals surface area contributed by atoms with Gasteiger partial charge in [0.25, 0.3) is 11.6 Å². The van der Waals surface area contributed by atoms with Crippen molar-refractivity contribution in [1.29, 1.82) is 0 Å². The highest BCUT2D eigenvalue weighted by Crippen LogP contribution is 2.27. The van der Waals surface area contributed by atoms with Crippen molar-refractivity contribution in [3.05, 3.63) is 87.2 Å². The highest BCUT2D eigenvalue weighted by atomic mass is 16.6. The molecule has 0 saturated heterocycles. The van der Waals surface area contributed by atoms with Gasteiger partial charge in [-0.05, 0) is 37.6 Å². The van der Waals surface area contributed by atoms with Gasteiger partial charge in [-0.1, -0.05) is 30.3 Å². The summed E-state index contributed by atoms with van der Waals surface area (Å²) in [4.78, 5) is 22.7. The van der Waals surface area contributed by atoms with Crippen molar-refractivity contribution in [3.63, 3.8) is 0 Å². The Bertz CT molecular complexity index is 1040. The highest BCUT2D eigenvalue weighted by molar-refractivity contribution is 5.96. The third-order valence-electron chi connectivity index (χ3n) is 4.06. The average Bonchev–Trinajstić information content (AvgIpc) is 3.11. The predicted octanol–water partition coefficient (Wildman–Crippen LogP) is 4.24. The number of nitrogens with one attached hydrogen (secondary N) is 1. The molecule has 0 fully saturated rings. The fraction of sp³-hybridized carbons (Fsp3) is 0.100. The highest BCUT2D eigenvalue weighted by Gasteiger charge is 2.13. The first-order valence-electron chi connectivity index (χ1n) is 8.20. The van der Waals surface area contributed by atoms with E-state index in [1.807, 2.05) is 19.1 Å². The molecule has 1 N–H and O–H groups in total. The Morgan fingerprint density at radius 2 is 1.89 bits per heavy atom. The van der Waals surface area contributed by atoms with Crippen molar-refractivity contribution >= 4 is 17.8 Å². The van der Waals surface area contributed by atoms with Crippen molar-refractivity contribution < 1.29 is 14.1 Å². The van der Waals surface area contributed by atoms with Crippen LogP contribution < -0.4 is 5.43 Å². The van der Waals surface area contributed by atoms with Gasteiger partial charge >= 0.3 is 0 Å². The minimum absolute atomic E-state index is 0.0320. The summed E-state index contributed by atoms with van der Waals surface area (Å²) in [6, 6.07) is 15.5. The lowest BCUT2D eigenvalue weighted by atomic mass is 10.1. The van der Waals surface area contributed by atoms with Crippen LogP contribution in [0.2, 0.25) is 0 Å². The number of nitro groups is 1. The van der Waals surface area contributed by atoms with Crippen LogP contribution in [0.1, 0.15) is 27.2 Å². The number of furan rings is 1. The zero-order chi connectivity index (χ0) is 19.4. The summed E-state index contributed by atoms with van der Waals surface area (Å²) < 4.78 is 5.63. The van der Waals surface area contributed by atoms with Crippen LogP contribution in [0.3, 0.4) is 0 Å². The zero-order valence-corrected chi connectivity index (χ0v) is 14.8. The van der Waals surface area contributed by atoms with E-state index in [1.54, 1.807) is 43.3 Å². The molecular formula is C20H17N3O4. The molecule has 0 atom stereocenters. The number of nitrogens with zero attached hydrogens (tertiary/aromatic N) is 2. The lowest BCUT2D eigenvalue weighted by Gasteiger charge is -2.02. The number of carbonyl (C=O) groups is 1. The summed E-state index contributed by atoms with van der Waals surface area (Å²) in [5.41, 5.74) is 5.05.